The maximum atomic E-state index is 12.0. The zero-order valence-corrected chi connectivity index (χ0v) is 10.3. The second-order valence-corrected chi connectivity index (χ2v) is 5.81. The average molecular weight is 249 g/mol. The summed E-state index contributed by atoms with van der Waals surface area (Å²) in [7, 11) is -0.559. The summed E-state index contributed by atoms with van der Waals surface area (Å²) in [5.41, 5.74) is 1.08. The van der Waals surface area contributed by atoms with Gasteiger partial charge in [-0.15, -0.1) is 0 Å². The fraction of sp³-hybridized carbons (Fsp3) is 0.182. The molecule has 0 saturated carbocycles. The van der Waals surface area contributed by atoms with Crippen molar-refractivity contribution in [1.29, 1.82) is 5.26 Å². The molecule has 6 heteroatoms. The summed E-state index contributed by atoms with van der Waals surface area (Å²) < 4.78 is 26.3. The highest BCUT2D eigenvalue weighted by atomic mass is 32.2. The normalized spacial score (nSPS) is 11.9. The van der Waals surface area contributed by atoms with Gasteiger partial charge in [-0.2, -0.15) is 18.0 Å². The Bertz CT molecular complexity index is 708. The van der Waals surface area contributed by atoms with E-state index in [1.807, 2.05) is 6.07 Å². The van der Waals surface area contributed by atoms with Gasteiger partial charge in [0.1, 0.15) is 0 Å². The first-order valence-corrected chi connectivity index (χ1v) is 6.31. The molecule has 2 aromatic rings. The van der Waals surface area contributed by atoms with Crippen LogP contribution in [0.3, 0.4) is 0 Å². The van der Waals surface area contributed by atoms with Gasteiger partial charge in [0.25, 0.3) is 0 Å². The SMILES string of the molecule is CN(C)S(=O)(=O)n1ccc2cc(C#N)ccc21. The molecule has 0 amide bonds. The zero-order chi connectivity index (χ0) is 12.6. The number of fused-ring (bicyclic) bond motifs is 1. The minimum atomic E-state index is -3.51. The minimum absolute atomic E-state index is 0.512. The van der Waals surface area contributed by atoms with Crippen molar-refractivity contribution in [3.63, 3.8) is 0 Å². The van der Waals surface area contributed by atoms with Crippen LogP contribution in [-0.2, 0) is 10.2 Å². The number of rotatable bonds is 2. The molecule has 0 atom stereocenters. The Hall–Kier alpha value is -1.84. The summed E-state index contributed by atoms with van der Waals surface area (Å²) in [4.78, 5) is 0. The Morgan fingerprint density at radius 3 is 2.59 bits per heavy atom. The van der Waals surface area contributed by atoms with Crippen LogP contribution >= 0.6 is 0 Å². The first-order valence-electron chi connectivity index (χ1n) is 4.91. The molecule has 1 heterocycles. The molecule has 0 unspecified atom stereocenters. The smallest absolute Gasteiger partial charge is 0.232 e. The second-order valence-electron chi connectivity index (χ2n) is 3.79. The molecule has 0 bridgehead atoms. The van der Waals surface area contributed by atoms with E-state index in [1.54, 1.807) is 24.3 Å². The van der Waals surface area contributed by atoms with Gasteiger partial charge in [0.15, 0.2) is 0 Å². The lowest BCUT2D eigenvalue weighted by Gasteiger charge is -2.13. The molecular formula is C11H11N3O2S. The van der Waals surface area contributed by atoms with Gasteiger partial charge < -0.3 is 0 Å². The van der Waals surface area contributed by atoms with Gasteiger partial charge in [-0.25, -0.2) is 3.97 Å². The number of hydrogen-bond acceptors (Lipinski definition) is 3. The van der Waals surface area contributed by atoms with Gasteiger partial charge in [-0.1, -0.05) is 0 Å². The Kier molecular flexibility index (Phi) is 2.65. The van der Waals surface area contributed by atoms with E-state index in [0.717, 1.165) is 9.69 Å². The van der Waals surface area contributed by atoms with Crippen molar-refractivity contribution in [2.24, 2.45) is 0 Å². The molecule has 1 aromatic heterocycles. The summed E-state index contributed by atoms with van der Waals surface area (Å²) in [6.07, 6.45) is 1.49. The largest absolute Gasteiger partial charge is 0.307 e. The number of hydrogen-bond donors (Lipinski definition) is 0. The predicted molar refractivity (Wildman–Crippen MR) is 64.7 cm³/mol. The topological polar surface area (TPSA) is 66.1 Å². The summed E-state index contributed by atoms with van der Waals surface area (Å²) in [5.74, 6) is 0. The Labute approximate surface area is 99.7 Å². The maximum absolute atomic E-state index is 12.0. The van der Waals surface area contributed by atoms with Crippen LogP contribution in [0.2, 0.25) is 0 Å². The minimum Gasteiger partial charge on any atom is -0.232 e. The Morgan fingerprint density at radius 1 is 1.29 bits per heavy atom. The van der Waals surface area contributed by atoms with Crippen LogP contribution in [0, 0.1) is 11.3 Å². The van der Waals surface area contributed by atoms with Gasteiger partial charge in [-0.05, 0) is 24.3 Å². The third kappa shape index (κ3) is 1.79. The molecule has 5 nitrogen and oxygen atoms in total. The van der Waals surface area contributed by atoms with Crippen molar-refractivity contribution in [3.05, 3.63) is 36.0 Å². The van der Waals surface area contributed by atoms with Gasteiger partial charge in [0.2, 0.25) is 0 Å². The molecule has 0 radical (unpaired) electrons. The third-order valence-corrected chi connectivity index (χ3v) is 4.23. The molecule has 2 rings (SSSR count). The van der Waals surface area contributed by atoms with E-state index in [0.29, 0.717) is 11.1 Å². The van der Waals surface area contributed by atoms with E-state index >= 15 is 0 Å². The highest BCUT2D eigenvalue weighted by Gasteiger charge is 2.18. The van der Waals surface area contributed by atoms with Crippen molar-refractivity contribution in [2.75, 3.05) is 14.1 Å². The summed E-state index contributed by atoms with van der Waals surface area (Å²) >= 11 is 0. The molecule has 0 saturated heterocycles. The molecule has 0 aliphatic carbocycles. The highest BCUT2D eigenvalue weighted by Crippen LogP contribution is 2.19. The number of aromatic nitrogens is 1. The van der Waals surface area contributed by atoms with Crippen LogP contribution in [0.5, 0.6) is 0 Å². The van der Waals surface area contributed by atoms with Crippen LogP contribution in [0.1, 0.15) is 5.56 Å². The van der Waals surface area contributed by atoms with Gasteiger partial charge in [0.05, 0.1) is 17.1 Å². The molecule has 0 aliphatic heterocycles. The molecule has 0 fully saturated rings. The lowest BCUT2D eigenvalue weighted by atomic mass is 10.2. The first-order chi connectivity index (χ1) is 7.96. The van der Waals surface area contributed by atoms with Crippen molar-refractivity contribution in [1.82, 2.24) is 8.28 Å². The van der Waals surface area contributed by atoms with Crippen molar-refractivity contribution >= 4 is 21.1 Å². The van der Waals surface area contributed by atoms with E-state index in [4.69, 9.17) is 5.26 Å². The maximum Gasteiger partial charge on any atom is 0.307 e. The van der Waals surface area contributed by atoms with E-state index in [9.17, 15) is 8.42 Å². The van der Waals surface area contributed by atoms with Crippen LogP contribution in [0.25, 0.3) is 10.9 Å². The Balaban J connectivity index is 2.71. The van der Waals surface area contributed by atoms with E-state index in [2.05, 4.69) is 0 Å². The van der Waals surface area contributed by atoms with Crippen molar-refractivity contribution in [3.8, 4) is 6.07 Å². The summed E-state index contributed by atoms with van der Waals surface area (Å²) in [6.45, 7) is 0. The first kappa shape index (κ1) is 11.6. The number of benzene rings is 1. The molecular weight excluding hydrogens is 238 g/mol. The van der Waals surface area contributed by atoms with Crippen LogP contribution in [0.15, 0.2) is 30.5 Å². The van der Waals surface area contributed by atoms with Gasteiger partial charge in [-0.3, -0.25) is 0 Å². The molecule has 0 N–H and O–H groups in total. The van der Waals surface area contributed by atoms with Crippen molar-refractivity contribution < 1.29 is 8.42 Å². The van der Waals surface area contributed by atoms with Gasteiger partial charge in [0, 0.05) is 25.7 Å². The van der Waals surface area contributed by atoms with Crippen molar-refractivity contribution in [2.45, 2.75) is 0 Å². The second kappa shape index (κ2) is 3.87. The quantitative estimate of drug-likeness (QED) is 0.802. The van der Waals surface area contributed by atoms with Crippen LogP contribution in [-0.4, -0.2) is 30.8 Å². The molecule has 17 heavy (non-hydrogen) atoms. The predicted octanol–water partition coefficient (Wildman–Crippen LogP) is 1.17. The third-order valence-electron chi connectivity index (χ3n) is 2.49. The van der Waals surface area contributed by atoms with E-state index in [-0.39, 0.29) is 0 Å². The summed E-state index contributed by atoms with van der Waals surface area (Å²) in [6, 6.07) is 8.60. The van der Waals surface area contributed by atoms with E-state index < -0.39 is 10.2 Å². The standard InChI is InChI=1S/C11H11N3O2S/c1-13(2)17(15,16)14-6-5-10-7-9(8-12)3-4-11(10)14/h3-7H,1-2H3. The lowest BCUT2D eigenvalue weighted by Crippen LogP contribution is -2.28. The average Bonchev–Trinajstić information content (AvgIpc) is 2.71. The van der Waals surface area contributed by atoms with Gasteiger partial charge >= 0.3 is 10.2 Å². The lowest BCUT2D eigenvalue weighted by molar-refractivity contribution is 0.512. The molecule has 1 aromatic carbocycles. The zero-order valence-electron chi connectivity index (χ0n) is 9.45. The van der Waals surface area contributed by atoms with Crippen LogP contribution < -0.4 is 0 Å². The van der Waals surface area contributed by atoms with Crippen LogP contribution in [0.4, 0.5) is 0 Å². The fourth-order valence-electron chi connectivity index (χ4n) is 1.56. The molecule has 0 aliphatic rings. The summed E-state index contributed by atoms with van der Waals surface area (Å²) in [5, 5.41) is 9.50. The number of nitrogens with zero attached hydrogens (tertiary/aromatic N) is 3. The fourth-order valence-corrected chi connectivity index (χ4v) is 2.55. The monoisotopic (exact) mass is 249 g/mol. The molecule has 0 spiro atoms. The number of nitriles is 1. The Morgan fingerprint density at radius 2 is 2.00 bits per heavy atom. The van der Waals surface area contributed by atoms with E-state index in [1.165, 1.54) is 24.3 Å². The molecule has 88 valence electrons. The highest BCUT2D eigenvalue weighted by molar-refractivity contribution is 7.87.